The SMILES string of the molecule is Cc1cc(Oc2[c-]c3c(cc2)c2cc(C)ccc2n3-c2cc(C(C)(C)C)ccn2)[c-]c(C2=N[C@H](C(C)(C)C)CO2)c1.[Pt+2]. The zero-order valence-electron chi connectivity index (χ0n) is 25.5. The van der Waals surface area contributed by atoms with E-state index in [2.05, 4.69) is 102 Å². The summed E-state index contributed by atoms with van der Waals surface area (Å²) in [5.74, 6) is 2.70. The number of ether oxygens (including phenoxy) is 2. The van der Waals surface area contributed by atoms with Crippen LogP contribution in [0.15, 0.2) is 65.8 Å². The van der Waals surface area contributed by atoms with Crippen LogP contribution in [0, 0.1) is 31.4 Å². The van der Waals surface area contributed by atoms with Gasteiger partial charge >= 0.3 is 21.1 Å². The van der Waals surface area contributed by atoms with E-state index >= 15 is 0 Å². The van der Waals surface area contributed by atoms with Crippen LogP contribution in [0.2, 0.25) is 0 Å². The molecule has 0 spiro atoms. The van der Waals surface area contributed by atoms with E-state index in [1.54, 1.807) is 0 Å². The van der Waals surface area contributed by atoms with Gasteiger partial charge in [-0.2, -0.15) is 6.07 Å². The number of pyridine rings is 1. The molecular weight excluding hydrogens is 701 g/mol. The second kappa shape index (κ2) is 11.0. The van der Waals surface area contributed by atoms with Gasteiger partial charge in [-0.3, -0.25) is 4.99 Å². The molecule has 6 rings (SSSR count). The molecule has 1 aliphatic heterocycles. The first kappa shape index (κ1) is 30.0. The summed E-state index contributed by atoms with van der Waals surface area (Å²) in [6.45, 7) is 18.0. The molecule has 0 fully saturated rings. The van der Waals surface area contributed by atoms with Gasteiger partial charge in [0.05, 0.1) is 12.6 Å². The van der Waals surface area contributed by atoms with Crippen LogP contribution in [-0.2, 0) is 31.2 Å². The van der Waals surface area contributed by atoms with E-state index in [-0.39, 0.29) is 37.9 Å². The van der Waals surface area contributed by atoms with Crippen LogP contribution in [0.25, 0.3) is 27.6 Å². The van der Waals surface area contributed by atoms with E-state index in [0.717, 1.165) is 33.4 Å². The number of benzene rings is 3. The van der Waals surface area contributed by atoms with Crippen LogP contribution in [0.3, 0.4) is 0 Å². The molecule has 5 nitrogen and oxygen atoms in total. The van der Waals surface area contributed by atoms with Crippen molar-refractivity contribution in [1.29, 1.82) is 0 Å². The molecule has 0 aliphatic carbocycles. The number of nitrogens with zero attached hydrogens (tertiary/aromatic N) is 3. The van der Waals surface area contributed by atoms with E-state index in [4.69, 9.17) is 19.5 Å². The molecule has 42 heavy (non-hydrogen) atoms. The Bertz CT molecular complexity index is 1820. The Labute approximate surface area is 263 Å². The average molecular weight is 739 g/mol. The van der Waals surface area contributed by atoms with Crippen molar-refractivity contribution in [3.8, 4) is 17.3 Å². The number of hydrogen-bond donors (Lipinski definition) is 0. The molecule has 0 saturated carbocycles. The summed E-state index contributed by atoms with van der Waals surface area (Å²) in [6, 6.07) is 26.0. The molecule has 0 saturated heterocycles. The molecule has 0 unspecified atom stereocenters. The Balaban J connectivity index is 0.00000353. The third kappa shape index (κ3) is 5.77. The number of rotatable bonds is 4. The maximum absolute atomic E-state index is 6.39. The third-order valence-electron chi connectivity index (χ3n) is 7.74. The minimum atomic E-state index is 0. The van der Waals surface area contributed by atoms with Gasteiger partial charge in [0.25, 0.3) is 0 Å². The van der Waals surface area contributed by atoms with Gasteiger partial charge in [0.2, 0.25) is 0 Å². The summed E-state index contributed by atoms with van der Waals surface area (Å²) < 4.78 is 14.6. The molecule has 6 heteroatoms. The number of hydrogen-bond acceptors (Lipinski definition) is 4. The predicted octanol–water partition coefficient (Wildman–Crippen LogP) is 8.67. The summed E-state index contributed by atoms with van der Waals surface area (Å²) in [5, 5.41) is 2.27. The Hall–Kier alpha value is -3.43. The average Bonchev–Trinajstić information content (AvgIpc) is 3.51. The van der Waals surface area contributed by atoms with Crippen LogP contribution in [0.1, 0.15) is 63.8 Å². The van der Waals surface area contributed by atoms with Crippen molar-refractivity contribution in [3.05, 3.63) is 95.2 Å². The van der Waals surface area contributed by atoms with Crippen molar-refractivity contribution >= 4 is 27.7 Å². The van der Waals surface area contributed by atoms with Crippen molar-refractivity contribution in [2.75, 3.05) is 6.61 Å². The van der Waals surface area contributed by atoms with Crippen LogP contribution in [-0.4, -0.2) is 28.1 Å². The normalized spacial score (nSPS) is 15.4. The molecule has 218 valence electrons. The Morgan fingerprint density at radius 3 is 2.36 bits per heavy atom. The van der Waals surface area contributed by atoms with E-state index in [9.17, 15) is 0 Å². The zero-order chi connectivity index (χ0) is 29.1. The van der Waals surface area contributed by atoms with Gasteiger partial charge < -0.3 is 14.0 Å². The maximum atomic E-state index is 6.39. The Morgan fingerprint density at radius 1 is 0.857 bits per heavy atom. The minimum absolute atomic E-state index is 0. The molecule has 1 aliphatic rings. The molecule has 0 radical (unpaired) electrons. The molecule has 0 N–H and O–H groups in total. The summed E-state index contributed by atoms with van der Waals surface area (Å²) in [4.78, 5) is 9.64. The van der Waals surface area contributed by atoms with Crippen LogP contribution >= 0.6 is 0 Å². The monoisotopic (exact) mass is 738 g/mol. The van der Waals surface area contributed by atoms with Crippen LogP contribution in [0.4, 0.5) is 0 Å². The number of fused-ring (bicyclic) bond motifs is 3. The standard InChI is InChI=1S/C36H37N3O2.Pt/c1-22-9-12-30-29(17-22)28-11-10-26(20-31(28)39(30)33-19-25(13-14-37-33)35(3,4)5)41-27-16-23(2)15-24(18-27)34-38-32(21-40-34)36(6,7)8;/h9-17,19,32H,21H2,1-8H3;/q-2;+2/t32-;/m0./s1. The van der Waals surface area contributed by atoms with Crippen LogP contribution in [0.5, 0.6) is 11.5 Å². The molecule has 2 aromatic heterocycles. The summed E-state index contributed by atoms with van der Waals surface area (Å²) >= 11 is 0. The summed E-state index contributed by atoms with van der Waals surface area (Å²) in [7, 11) is 0. The van der Waals surface area contributed by atoms with Gasteiger partial charge in [0.15, 0.2) is 0 Å². The molecule has 5 aromatic rings. The maximum Gasteiger partial charge on any atom is 2.00 e. The number of aliphatic imine (C=N–C) groups is 1. The quantitative estimate of drug-likeness (QED) is 0.174. The second-order valence-electron chi connectivity index (χ2n) is 13.3. The van der Waals surface area contributed by atoms with E-state index in [0.29, 0.717) is 24.0 Å². The fourth-order valence-electron chi connectivity index (χ4n) is 5.28. The second-order valence-corrected chi connectivity index (χ2v) is 13.3. The van der Waals surface area contributed by atoms with Gasteiger partial charge in [-0.15, -0.1) is 29.1 Å². The van der Waals surface area contributed by atoms with Crippen LogP contribution < -0.4 is 4.74 Å². The molecule has 0 bridgehead atoms. The van der Waals surface area contributed by atoms with Crippen molar-refractivity contribution in [3.63, 3.8) is 0 Å². The molecule has 0 amide bonds. The largest absolute Gasteiger partial charge is 2.00 e. The Morgan fingerprint density at radius 2 is 1.64 bits per heavy atom. The number of aromatic nitrogens is 2. The van der Waals surface area contributed by atoms with Gasteiger partial charge in [-0.25, -0.2) is 4.98 Å². The first-order valence-electron chi connectivity index (χ1n) is 14.2. The number of aryl methyl sites for hydroxylation is 2. The predicted molar refractivity (Wildman–Crippen MR) is 167 cm³/mol. The first-order chi connectivity index (χ1) is 19.4. The molecular formula is C36H37N3O2Pt. The van der Waals surface area contributed by atoms with Crippen molar-refractivity contribution in [2.24, 2.45) is 10.4 Å². The third-order valence-corrected chi connectivity index (χ3v) is 7.74. The van der Waals surface area contributed by atoms with E-state index in [1.807, 2.05) is 31.3 Å². The topological polar surface area (TPSA) is 48.6 Å². The van der Waals surface area contributed by atoms with Gasteiger partial charge in [0.1, 0.15) is 11.7 Å². The summed E-state index contributed by atoms with van der Waals surface area (Å²) in [5.41, 5.74) is 6.34. The van der Waals surface area contributed by atoms with Gasteiger partial charge in [-0.1, -0.05) is 89.4 Å². The Kier molecular flexibility index (Phi) is 7.87. The van der Waals surface area contributed by atoms with E-state index in [1.165, 1.54) is 16.5 Å². The van der Waals surface area contributed by atoms with Gasteiger partial charge in [0, 0.05) is 23.2 Å². The molecule has 3 aromatic carbocycles. The molecule has 1 atom stereocenters. The minimum Gasteiger partial charge on any atom is -0.518 e. The molecule has 3 heterocycles. The van der Waals surface area contributed by atoms with Gasteiger partial charge in [-0.05, 0) is 46.9 Å². The van der Waals surface area contributed by atoms with Crippen molar-refractivity contribution < 1.29 is 30.5 Å². The van der Waals surface area contributed by atoms with Crippen molar-refractivity contribution in [1.82, 2.24) is 9.55 Å². The fourth-order valence-corrected chi connectivity index (χ4v) is 5.28. The fraction of sp³-hybridized carbons (Fsp3) is 0.333. The van der Waals surface area contributed by atoms with Crippen molar-refractivity contribution in [2.45, 2.75) is 66.8 Å². The summed E-state index contributed by atoms with van der Waals surface area (Å²) in [6.07, 6.45) is 1.89. The zero-order valence-corrected chi connectivity index (χ0v) is 27.8. The first-order valence-corrected chi connectivity index (χ1v) is 14.2. The smallest absolute Gasteiger partial charge is 0.518 e. The van der Waals surface area contributed by atoms with E-state index < -0.39 is 0 Å².